The molecule has 0 aliphatic rings. The van der Waals surface area contributed by atoms with E-state index in [-0.39, 0.29) is 5.28 Å². The molecule has 1 unspecified atom stereocenters. The van der Waals surface area contributed by atoms with E-state index in [2.05, 4.69) is 9.97 Å². The molecule has 7 heteroatoms. The van der Waals surface area contributed by atoms with Crippen LogP contribution in [-0.2, 0) is 0 Å². The quantitative estimate of drug-likeness (QED) is 0.738. The van der Waals surface area contributed by atoms with Crippen LogP contribution in [0.4, 0.5) is 0 Å². The highest BCUT2D eigenvalue weighted by molar-refractivity contribution is 6.37. The number of benzene rings is 1. The Balaban J connectivity index is 2.36. The van der Waals surface area contributed by atoms with Gasteiger partial charge in [-0.05, 0) is 37.1 Å². The van der Waals surface area contributed by atoms with Gasteiger partial charge in [0, 0.05) is 5.56 Å². The summed E-state index contributed by atoms with van der Waals surface area (Å²) in [5.74, 6) is 1.02. The van der Waals surface area contributed by atoms with Gasteiger partial charge in [-0.15, -0.1) is 0 Å². The first-order valence-corrected chi connectivity index (χ1v) is 7.24. The molecule has 2 aromatic rings. The van der Waals surface area contributed by atoms with Gasteiger partial charge in [-0.3, -0.25) is 0 Å². The minimum absolute atomic E-state index is 0.156. The van der Waals surface area contributed by atoms with Crippen molar-refractivity contribution in [1.29, 1.82) is 0 Å². The molecule has 112 valence electrons. The first-order valence-electron chi connectivity index (χ1n) is 6.10. The maximum Gasteiger partial charge on any atom is 0.222 e. The number of hydrogen-bond acceptors (Lipinski definition) is 4. The number of aryl methyl sites for hydroxylation is 1. The van der Waals surface area contributed by atoms with Crippen LogP contribution in [0.5, 0.6) is 11.5 Å². The first kappa shape index (κ1) is 16.1. The lowest BCUT2D eigenvalue weighted by Crippen LogP contribution is -2.07. The Kier molecular flexibility index (Phi) is 5.14. The van der Waals surface area contributed by atoms with Crippen molar-refractivity contribution < 1.29 is 9.47 Å². The summed E-state index contributed by atoms with van der Waals surface area (Å²) in [5.41, 5.74) is 1.51. The van der Waals surface area contributed by atoms with Crippen LogP contribution >= 0.6 is 34.8 Å². The predicted octanol–water partition coefficient (Wildman–Crippen LogP) is 4.89. The zero-order valence-corrected chi connectivity index (χ0v) is 13.9. The van der Waals surface area contributed by atoms with Gasteiger partial charge in [0.25, 0.3) is 0 Å². The highest BCUT2D eigenvalue weighted by atomic mass is 35.5. The number of ether oxygens (including phenoxy) is 2. The van der Waals surface area contributed by atoms with E-state index in [1.165, 1.54) is 12.4 Å². The van der Waals surface area contributed by atoms with E-state index in [0.717, 1.165) is 5.56 Å². The summed E-state index contributed by atoms with van der Waals surface area (Å²) in [4.78, 5) is 7.72. The van der Waals surface area contributed by atoms with Crippen LogP contribution in [0.25, 0.3) is 0 Å². The predicted molar refractivity (Wildman–Crippen MR) is 83.8 cm³/mol. The molecule has 1 atom stereocenters. The molecule has 4 nitrogen and oxygen atoms in total. The Bertz CT molecular complexity index is 648. The van der Waals surface area contributed by atoms with Crippen molar-refractivity contribution in [3.8, 4) is 11.5 Å². The summed E-state index contributed by atoms with van der Waals surface area (Å²) in [6.07, 6.45) is 2.57. The Hall–Kier alpha value is -1.23. The molecule has 0 fully saturated rings. The summed E-state index contributed by atoms with van der Waals surface area (Å²) in [7, 11) is 1.55. The Morgan fingerprint density at radius 3 is 2.29 bits per heavy atom. The fourth-order valence-corrected chi connectivity index (χ4v) is 2.72. The van der Waals surface area contributed by atoms with Gasteiger partial charge in [0.05, 0.1) is 29.5 Å². The summed E-state index contributed by atoms with van der Waals surface area (Å²) in [5, 5.41) is 1.13. The van der Waals surface area contributed by atoms with Crippen LogP contribution < -0.4 is 9.47 Å². The zero-order valence-electron chi connectivity index (χ0n) is 11.7. The van der Waals surface area contributed by atoms with Gasteiger partial charge in [0.2, 0.25) is 5.28 Å². The molecular formula is C14H13Cl3N2O2. The van der Waals surface area contributed by atoms with E-state index < -0.39 is 6.10 Å². The molecule has 0 aliphatic carbocycles. The third-order valence-corrected chi connectivity index (χ3v) is 4.01. The topological polar surface area (TPSA) is 44.2 Å². The molecule has 0 N–H and O–H groups in total. The molecule has 0 bridgehead atoms. The molecule has 0 radical (unpaired) electrons. The largest absolute Gasteiger partial charge is 0.495 e. The summed E-state index contributed by atoms with van der Waals surface area (Å²) in [6.45, 7) is 3.71. The number of aromatic nitrogens is 2. The van der Waals surface area contributed by atoms with E-state index in [0.29, 0.717) is 27.1 Å². The standard InChI is InChI=1S/C14H13Cl3N2O2/c1-7-4-10(20-3)13(16)11(12(7)15)8(2)21-9-5-18-14(17)19-6-9/h4-6,8H,1-3H3. The molecule has 1 aromatic heterocycles. The molecule has 0 saturated carbocycles. The van der Waals surface area contributed by atoms with Crippen LogP contribution in [0.3, 0.4) is 0 Å². The van der Waals surface area contributed by atoms with Gasteiger partial charge in [-0.25, -0.2) is 9.97 Å². The second kappa shape index (κ2) is 6.69. The van der Waals surface area contributed by atoms with Gasteiger partial charge >= 0.3 is 0 Å². The average molecular weight is 348 g/mol. The average Bonchev–Trinajstić information content (AvgIpc) is 2.45. The summed E-state index contributed by atoms with van der Waals surface area (Å²) >= 11 is 18.3. The second-order valence-corrected chi connectivity index (χ2v) is 5.48. The van der Waals surface area contributed by atoms with Gasteiger partial charge < -0.3 is 9.47 Å². The molecule has 0 spiro atoms. The van der Waals surface area contributed by atoms with Crippen molar-refractivity contribution in [2.75, 3.05) is 7.11 Å². The minimum Gasteiger partial charge on any atom is -0.495 e. The van der Waals surface area contributed by atoms with E-state index in [4.69, 9.17) is 44.3 Å². The monoisotopic (exact) mass is 346 g/mol. The SMILES string of the molecule is COc1cc(C)c(Cl)c(C(C)Oc2cnc(Cl)nc2)c1Cl. The summed E-state index contributed by atoms with van der Waals surface area (Å²) < 4.78 is 11.0. The molecule has 1 aromatic carbocycles. The lowest BCUT2D eigenvalue weighted by atomic mass is 10.1. The lowest BCUT2D eigenvalue weighted by molar-refractivity contribution is 0.224. The highest BCUT2D eigenvalue weighted by Crippen LogP contribution is 2.40. The van der Waals surface area contributed by atoms with Crippen molar-refractivity contribution in [1.82, 2.24) is 9.97 Å². The Morgan fingerprint density at radius 2 is 1.71 bits per heavy atom. The van der Waals surface area contributed by atoms with Gasteiger partial charge in [-0.1, -0.05) is 23.2 Å². The first-order chi connectivity index (χ1) is 9.93. The number of methoxy groups -OCH3 is 1. The van der Waals surface area contributed by atoms with Crippen molar-refractivity contribution in [3.63, 3.8) is 0 Å². The maximum atomic E-state index is 6.34. The number of nitrogens with zero attached hydrogens (tertiary/aromatic N) is 2. The van der Waals surface area contributed by atoms with Gasteiger partial charge in [-0.2, -0.15) is 0 Å². The normalized spacial score (nSPS) is 12.1. The fraction of sp³-hybridized carbons (Fsp3) is 0.286. The van der Waals surface area contributed by atoms with Crippen LogP contribution in [-0.4, -0.2) is 17.1 Å². The molecule has 0 amide bonds. The molecule has 1 heterocycles. The second-order valence-electron chi connectivity index (χ2n) is 4.39. The third kappa shape index (κ3) is 3.51. The lowest BCUT2D eigenvalue weighted by Gasteiger charge is -2.20. The van der Waals surface area contributed by atoms with Crippen molar-refractivity contribution >= 4 is 34.8 Å². The van der Waals surface area contributed by atoms with Crippen LogP contribution in [0.2, 0.25) is 15.3 Å². The highest BCUT2D eigenvalue weighted by Gasteiger charge is 2.21. The Morgan fingerprint density at radius 1 is 1.10 bits per heavy atom. The maximum absolute atomic E-state index is 6.34. The Labute approximate surface area is 138 Å². The van der Waals surface area contributed by atoms with Gasteiger partial charge in [0.15, 0.2) is 5.75 Å². The van der Waals surface area contributed by atoms with Crippen molar-refractivity contribution in [2.24, 2.45) is 0 Å². The summed E-state index contributed by atoms with van der Waals surface area (Å²) in [6, 6.07) is 1.78. The smallest absolute Gasteiger partial charge is 0.222 e. The van der Waals surface area contributed by atoms with E-state index in [1.807, 2.05) is 13.8 Å². The van der Waals surface area contributed by atoms with Crippen LogP contribution in [0, 0.1) is 6.92 Å². The molecule has 0 saturated heterocycles. The van der Waals surface area contributed by atoms with Crippen LogP contribution in [0.1, 0.15) is 24.2 Å². The van der Waals surface area contributed by atoms with Crippen molar-refractivity contribution in [3.05, 3.63) is 44.9 Å². The molecule has 2 rings (SSSR count). The number of hydrogen-bond donors (Lipinski definition) is 0. The van der Waals surface area contributed by atoms with Crippen molar-refractivity contribution in [2.45, 2.75) is 20.0 Å². The van der Waals surface area contributed by atoms with E-state index in [9.17, 15) is 0 Å². The van der Waals surface area contributed by atoms with Crippen LogP contribution in [0.15, 0.2) is 18.5 Å². The number of rotatable bonds is 4. The molecule has 21 heavy (non-hydrogen) atoms. The molecule has 0 aliphatic heterocycles. The molecular weight excluding hydrogens is 335 g/mol. The third-order valence-electron chi connectivity index (χ3n) is 2.92. The van der Waals surface area contributed by atoms with E-state index in [1.54, 1.807) is 13.2 Å². The fourth-order valence-electron chi connectivity index (χ4n) is 1.89. The zero-order chi connectivity index (χ0) is 15.6. The number of halogens is 3. The van der Waals surface area contributed by atoms with E-state index >= 15 is 0 Å². The van der Waals surface area contributed by atoms with Gasteiger partial charge in [0.1, 0.15) is 11.9 Å². The minimum atomic E-state index is -0.399.